The summed E-state index contributed by atoms with van der Waals surface area (Å²) in [5.41, 5.74) is 2.21. The highest BCUT2D eigenvalue weighted by atomic mass is 79.9. The second kappa shape index (κ2) is 5.05. The van der Waals surface area contributed by atoms with E-state index in [0.717, 1.165) is 20.0 Å². The summed E-state index contributed by atoms with van der Waals surface area (Å²) < 4.78 is 1.90. The van der Waals surface area contributed by atoms with Gasteiger partial charge in [0.25, 0.3) is 0 Å². The molecule has 0 aliphatic heterocycles. The number of aromatic nitrogens is 3. The van der Waals surface area contributed by atoms with E-state index in [-0.39, 0.29) is 5.15 Å². The Morgan fingerprint density at radius 1 is 1.05 bits per heavy atom. The first kappa shape index (κ1) is 13.4. The van der Waals surface area contributed by atoms with Gasteiger partial charge < -0.3 is 4.98 Å². The number of benzene rings is 1. The average molecular weight is 422 g/mol. The van der Waals surface area contributed by atoms with Crippen LogP contribution in [0.4, 0.5) is 0 Å². The van der Waals surface area contributed by atoms with E-state index in [1.54, 1.807) is 6.07 Å². The molecule has 1 N–H and O–H groups in total. The van der Waals surface area contributed by atoms with Crippen LogP contribution >= 0.6 is 55.1 Å². The molecule has 19 heavy (non-hydrogen) atoms. The predicted molar refractivity (Wildman–Crippen MR) is 84.7 cm³/mol. The number of pyridine rings is 1. The summed E-state index contributed by atoms with van der Waals surface area (Å²) in [5.74, 6) is 0.703. The van der Waals surface area contributed by atoms with E-state index >= 15 is 0 Å². The molecular weight excluding hydrogens is 417 g/mol. The van der Waals surface area contributed by atoms with E-state index < -0.39 is 0 Å². The number of hydrogen-bond acceptors (Lipinski definition) is 2. The zero-order valence-corrected chi connectivity index (χ0v) is 13.9. The summed E-state index contributed by atoms with van der Waals surface area (Å²) in [6, 6.07) is 7.57. The van der Waals surface area contributed by atoms with Gasteiger partial charge in [-0.3, -0.25) is 0 Å². The molecule has 96 valence electrons. The maximum absolute atomic E-state index is 5.94. The van der Waals surface area contributed by atoms with E-state index in [0.29, 0.717) is 16.5 Å². The number of H-pyrrole nitrogens is 1. The first-order chi connectivity index (χ1) is 9.04. The fraction of sp³-hybridized carbons (Fsp3) is 0. The van der Waals surface area contributed by atoms with Crippen molar-refractivity contribution in [3.63, 3.8) is 0 Å². The topological polar surface area (TPSA) is 41.6 Å². The number of fused-ring (bicyclic) bond motifs is 1. The van der Waals surface area contributed by atoms with Crippen LogP contribution in [0.25, 0.3) is 22.6 Å². The Balaban J connectivity index is 2.23. The third-order valence-corrected chi connectivity index (χ3v) is 4.43. The minimum absolute atomic E-state index is 0.250. The molecular formula is C12H5Br2Cl2N3. The van der Waals surface area contributed by atoms with Gasteiger partial charge >= 0.3 is 0 Å². The van der Waals surface area contributed by atoms with Gasteiger partial charge in [-0.15, -0.1) is 0 Å². The zero-order chi connectivity index (χ0) is 13.6. The first-order valence-corrected chi connectivity index (χ1v) is 7.56. The molecule has 0 spiro atoms. The van der Waals surface area contributed by atoms with Crippen LogP contribution in [0.15, 0.2) is 33.2 Å². The SMILES string of the molecule is Clc1cc2[nH]c(-c3cc(Br)ccc3Br)nc2nc1Cl. The number of nitrogens with zero attached hydrogens (tertiary/aromatic N) is 2. The van der Waals surface area contributed by atoms with Gasteiger partial charge in [0.15, 0.2) is 5.65 Å². The molecule has 1 aromatic carbocycles. The predicted octanol–water partition coefficient (Wildman–Crippen LogP) is 5.46. The normalized spacial score (nSPS) is 11.2. The standard InChI is InChI=1S/C12H5Br2Cl2N3/c13-5-1-2-7(14)6(3-5)11-17-9-4-8(15)10(16)18-12(9)19-11/h1-4H,(H,17,18,19). The van der Waals surface area contributed by atoms with Crippen LogP contribution in [0.5, 0.6) is 0 Å². The van der Waals surface area contributed by atoms with Gasteiger partial charge in [0.05, 0.1) is 10.5 Å². The lowest BCUT2D eigenvalue weighted by Gasteiger charge is -2.00. The summed E-state index contributed by atoms with van der Waals surface area (Å²) in [6.45, 7) is 0. The molecule has 0 aliphatic carbocycles. The van der Waals surface area contributed by atoms with Crippen molar-refractivity contribution < 1.29 is 0 Å². The number of imidazole rings is 1. The van der Waals surface area contributed by atoms with Crippen LogP contribution in [-0.4, -0.2) is 15.0 Å². The number of aromatic amines is 1. The van der Waals surface area contributed by atoms with E-state index in [4.69, 9.17) is 23.2 Å². The molecule has 0 unspecified atom stereocenters. The molecule has 3 aromatic rings. The summed E-state index contributed by atoms with van der Waals surface area (Å²) in [7, 11) is 0. The largest absolute Gasteiger partial charge is 0.336 e. The van der Waals surface area contributed by atoms with Gasteiger partial charge in [-0.05, 0) is 24.3 Å². The minimum atomic E-state index is 0.250. The van der Waals surface area contributed by atoms with E-state index in [1.165, 1.54) is 0 Å². The van der Waals surface area contributed by atoms with Crippen molar-refractivity contribution in [2.24, 2.45) is 0 Å². The number of nitrogens with one attached hydrogen (secondary N) is 1. The molecule has 3 nitrogen and oxygen atoms in total. The summed E-state index contributed by atoms with van der Waals surface area (Å²) >= 11 is 18.8. The molecule has 3 rings (SSSR count). The molecule has 7 heteroatoms. The van der Waals surface area contributed by atoms with Crippen molar-refractivity contribution in [1.29, 1.82) is 0 Å². The molecule has 0 saturated carbocycles. The van der Waals surface area contributed by atoms with Crippen LogP contribution in [0, 0.1) is 0 Å². The Labute approximate surface area is 135 Å². The van der Waals surface area contributed by atoms with Gasteiger partial charge in [-0.1, -0.05) is 55.1 Å². The highest BCUT2D eigenvalue weighted by molar-refractivity contribution is 9.11. The van der Waals surface area contributed by atoms with Gasteiger partial charge in [0.2, 0.25) is 0 Å². The monoisotopic (exact) mass is 419 g/mol. The second-order valence-electron chi connectivity index (χ2n) is 3.84. The highest BCUT2D eigenvalue weighted by Gasteiger charge is 2.12. The maximum atomic E-state index is 5.94. The molecule has 0 amide bonds. The number of hydrogen-bond donors (Lipinski definition) is 1. The quantitative estimate of drug-likeness (QED) is 0.530. The lowest BCUT2D eigenvalue weighted by Crippen LogP contribution is -1.82. The molecule has 0 saturated heterocycles. The van der Waals surface area contributed by atoms with E-state index in [9.17, 15) is 0 Å². The molecule has 2 heterocycles. The fourth-order valence-corrected chi connectivity index (χ4v) is 2.78. The van der Waals surface area contributed by atoms with Crippen LogP contribution in [0.3, 0.4) is 0 Å². The molecule has 0 fully saturated rings. The van der Waals surface area contributed by atoms with Crippen molar-refractivity contribution in [3.8, 4) is 11.4 Å². The van der Waals surface area contributed by atoms with Crippen molar-refractivity contribution in [2.45, 2.75) is 0 Å². The maximum Gasteiger partial charge on any atom is 0.179 e. The van der Waals surface area contributed by atoms with Crippen molar-refractivity contribution in [2.75, 3.05) is 0 Å². The van der Waals surface area contributed by atoms with Crippen molar-refractivity contribution in [1.82, 2.24) is 15.0 Å². The minimum Gasteiger partial charge on any atom is -0.336 e. The zero-order valence-electron chi connectivity index (χ0n) is 9.22. The Hall–Kier alpha value is -0.620. The Morgan fingerprint density at radius 2 is 1.84 bits per heavy atom. The lowest BCUT2D eigenvalue weighted by atomic mass is 10.2. The van der Waals surface area contributed by atoms with Gasteiger partial charge in [-0.25, -0.2) is 9.97 Å². The molecule has 0 bridgehead atoms. The van der Waals surface area contributed by atoms with Crippen LogP contribution in [-0.2, 0) is 0 Å². The number of rotatable bonds is 1. The summed E-state index contributed by atoms with van der Waals surface area (Å²) in [6.07, 6.45) is 0. The molecule has 0 aliphatic rings. The van der Waals surface area contributed by atoms with Gasteiger partial charge in [0, 0.05) is 14.5 Å². The fourth-order valence-electron chi connectivity index (χ4n) is 1.70. The van der Waals surface area contributed by atoms with Gasteiger partial charge in [-0.2, -0.15) is 0 Å². The smallest absolute Gasteiger partial charge is 0.179 e. The molecule has 0 atom stereocenters. The van der Waals surface area contributed by atoms with Crippen LogP contribution < -0.4 is 0 Å². The van der Waals surface area contributed by atoms with Crippen LogP contribution in [0.1, 0.15) is 0 Å². The highest BCUT2D eigenvalue weighted by Crippen LogP contribution is 2.31. The third-order valence-electron chi connectivity index (χ3n) is 2.57. The third kappa shape index (κ3) is 2.52. The Kier molecular flexibility index (Phi) is 3.55. The average Bonchev–Trinajstić information content (AvgIpc) is 2.75. The van der Waals surface area contributed by atoms with E-state index in [1.807, 2.05) is 18.2 Å². The van der Waals surface area contributed by atoms with Crippen LogP contribution in [0.2, 0.25) is 10.2 Å². The molecule has 2 aromatic heterocycles. The summed E-state index contributed by atoms with van der Waals surface area (Å²) in [5, 5.41) is 0.651. The number of halogens is 4. The Bertz CT molecular complexity index is 747. The lowest BCUT2D eigenvalue weighted by molar-refractivity contribution is 1.29. The van der Waals surface area contributed by atoms with Gasteiger partial charge in [0.1, 0.15) is 11.0 Å². The summed E-state index contributed by atoms with van der Waals surface area (Å²) in [4.78, 5) is 11.7. The molecule has 0 radical (unpaired) electrons. The Morgan fingerprint density at radius 3 is 2.63 bits per heavy atom. The van der Waals surface area contributed by atoms with Crippen molar-refractivity contribution in [3.05, 3.63) is 43.4 Å². The first-order valence-electron chi connectivity index (χ1n) is 5.22. The van der Waals surface area contributed by atoms with E-state index in [2.05, 4.69) is 46.8 Å². The van der Waals surface area contributed by atoms with Crippen molar-refractivity contribution >= 4 is 66.2 Å². The second-order valence-corrected chi connectivity index (χ2v) is 6.38.